The molecule has 0 saturated carbocycles. The van der Waals surface area contributed by atoms with Crippen molar-refractivity contribution >= 4 is 234 Å². The fraction of sp³-hybridized carbons (Fsp3) is 0.200. The van der Waals surface area contributed by atoms with Crippen molar-refractivity contribution < 1.29 is 46.9 Å². The number of phosphoric acid groups is 1. The number of imide groups is 3. The number of nitrogens with zero attached hydrogens (tertiary/aromatic N) is 3. The molecule has 26 heteroatoms. The molecule has 3 heterocycles. The van der Waals surface area contributed by atoms with Gasteiger partial charge in [-0.2, -0.15) is 0 Å². The van der Waals surface area contributed by atoms with Crippen LogP contribution in [0.3, 0.4) is 0 Å². The first-order valence-electron chi connectivity index (χ1n) is 14.6. The topological polar surface area (TPSA) is 157 Å². The summed E-state index contributed by atoms with van der Waals surface area (Å²) in [7, 11) is -5.54. The first-order valence-corrected chi connectivity index (χ1v) is 25.6. The quantitative estimate of drug-likeness (QED) is 0.0740. The number of hydrogen-bond acceptors (Lipinski definition) is 10. The Hall–Kier alpha value is 0.950. The Morgan fingerprint density at radius 2 is 0.518 bits per heavy atom. The lowest BCUT2D eigenvalue weighted by molar-refractivity contribution is 0.0262. The lowest BCUT2D eigenvalue weighted by atomic mass is 10.1. The predicted molar refractivity (Wildman–Crippen MR) is 245 cm³/mol. The maximum Gasteiger partial charge on any atom is 0.481 e. The van der Waals surface area contributed by atoms with Gasteiger partial charge in [0.15, 0.2) is 0 Å². The Morgan fingerprint density at radius 3 is 0.679 bits per heavy atom. The van der Waals surface area contributed by atoms with Crippen LogP contribution >= 0.6 is 199 Å². The van der Waals surface area contributed by atoms with Crippen molar-refractivity contribution in [2.24, 2.45) is 0 Å². The van der Waals surface area contributed by atoms with E-state index in [-0.39, 0.29) is 33.4 Å². The minimum atomic E-state index is -5.54. The van der Waals surface area contributed by atoms with Crippen molar-refractivity contribution in [3.05, 3.63) is 106 Å². The molecule has 0 aromatic heterocycles. The molecule has 0 saturated heterocycles. The summed E-state index contributed by atoms with van der Waals surface area (Å²) in [6.07, 6.45) is 0. The van der Waals surface area contributed by atoms with Crippen LogP contribution in [0.4, 0.5) is 0 Å². The van der Waals surface area contributed by atoms with E-state index in [0.717, 1.165) is 0 Å². The molecule has 3 aromatic carbocycles. The molecule has 296 valence electrons. The van der Waals surface area contributed by atoms with Crippen LogP contribution in [0.2, 0.25) is 0 Å². The fourth-order valence-electron chi connectivity index (χ4n) is 5.37. The molecule has 0 radical (unpaired) electrons. The Balaban J connectivity index is 1.41. The number of alkyl halides is 12. The van der Waals surface area contributed by atoms with E-state index in [9.17, 15) is 28.8 Å². The van der Waals surface area contributed by atoms with E-state index in [2.05, 4.69) is 191 Å². The van der Waals surface area contributed by atoms with Crippen molar-refractivity contribution in [3.8, 4) is 0 Å². The van der Waals surface area contributed by atoms with Gasteiger partial charge in [-0.05, 0) is 228 Å². The molecule has 0 spiro atoms. The van der Waals surface area contributed by atoms with Gasteiger partial charge in [0.05, 0.1) is 33.4 Å². The molecule has 3 aliphatic rings. The van der Waals surface area contributed by atoms with Crippen LogP contribution in [0.5, 0.6) is 0 Å². The molecule has 3 aliphatic heterocycles. The van der Waals surface area contributed by atoms with Crippen molar-refractivity contribution in [2.75, 3.05) is 0 Å². The molecule has 3 aromatic rings. The predicted octanol–water partition coefficient (Wildman–Crippen LogP) is 11.7. The third-order valence-electron chi connectivity index (χ3n) is 7.95. The van der Waals surface area contributed by atoms with Gasteiger partial charge in [0.2, 0.25) is 20.3 Å². The van der Waals surface area contributed by atoms with E-state index in [1.807, 2.05) is 0 Å². The number of carbonyl (C=O) groups is 6. The molecule has 0 fully saturated rings. The number of carbonyl (C=O) groups excluding carboxylic acids is 6. The Labute approximate surface area is 416 Å². The van der Waals surface area contributed by atoms with E-state index in [4.69, 9.17) is 13.6 Å². The number of rotatable bonds is 12. The van der Waals surface area contributed by atoms with Crippen molar-refractivity contribution in [1.82, 2.24) is 14.7 Å². The van der Waals surface area contributed by atoms with Gasteiger partial charge in [-0.1, -0.05) is 36.4 Å². The summed E-state index contributed by atoms with van der Waals surface area (Å²) in [5.41, 5.74) is 0.254. The second-order valence-electron chi connectivity index (χ2n) is 11.4. The molecule has 0 unspecified atom stereocenters. The van der Waals surface area contributed by atoms with Crippen molar-refractivity contribution in [2.45, 2.75) is 20.3 Å². The molecule has 0 atom stereocenters. The molecule has 0 N–H and O–H groups in total. The normalized spacial score (nSPS) is 17.0. The second-order valence-corrected chi connectivity index (χ2v) is 32.8. The van der Waals surface area contributed by atoms with Gasteiger partial charge in [-0.3, -0.25) is 42.3 Å². The first-order chi connectivity index (χ1) is 25.7. The third-order valence-corrected chi connectivity index (χ3v) is 27.2. The molecule has 0 bridgehead atoms. The van der Waals surface area contributed by atoms with Crippen molar-refractivity contribution in [1.29, 1.82) is 0 Å². The van der Waals surface area contributed by atoms with E-state index in [0.29, 0.717) is 14.7 Å². The number of halogens is 12. The number of fused-ring (bicyclic) bond motifs is 3. The largest absolute Gasteiger partial charge is 0.481 e. The van der Waals surface area contributed by atoms with Crippen LogP contribution in [-0.2, 0) is 18.1 Å². The number of phosphoric ester groups is 1. The van der Waals surface area contributed by atoms with Crippen LogP contribution in [-0.4, -0.2) is 70.5 Å². The summed E-state index contributed by atoms with van der Waals surface area (Å²) in [4.78, 5) is 83.8. The highest BCUT2D eigenvalue weighted by molar-refractivity contribution is 9.31. The molecule has 56 heavy (non-hydrogen) atoms. The van der Waals surface area contributed by atoms with E-state index in [1.165, 1.54) is 36.4 Å². The number of amides is 6. The summed E-state index contributed by atoms with van der Waals surface area (Å²) < 4.78 is 19.9. The number of benzene rings is 3. The minimum absolute atomic E-state index is 0.0423. The standard InChI is InChI=1S/C30H12Br12N3O10P/c31-25(32,43-19(46)13-7-1-2-8-14(13)20(43)47)28(37,38)53-56(52,54-29(39,40)26(33,34)44-21(48)15-9-3-4-10-16(15)22(44)49)55-30(41,42)27(35,36)45-23(50)17-11-5-6-12-18(17)24(45)51/h1-12H. The molecule has 6 rings (SSSR count). The van der Waals surface area contributed by atoms with Gasteiger partial charge in [-0.25, -0.2) is 19.3 Å². The van der Waals surface area contributed by atoms with Gasteiger partial charge >= 0.3 is 7.82 Å². The SMILES string of the molecule is O=C1c2ccccc2C(=O)N1C(Br)(Br)C(Br)(Br)OP(=O)(OC(Br)(Br)C(Br)(Br)N1C(=O)c2ccccc2C1=O)OC(Br)(Br)C(Br)(Br)N1C(=O)c2ccccc2C1=O. The van der Waals surface area contributed by atoms with Crippen LogP contribution in [0.1, 0.15) is 62.1 Å². The van der Waals surface area contributed by atoms with Gasteiger partial charge < -0.3 is 0 Å². The molecular formula is C30H12Br12N3O10P. The average molecular weight is 1560 g/mol. The molecule has 0 aliphatic carbocycles. The highest BCUT2D eigenvalue weighted by Crippen LogP contribution is 2.72. The number of hydrogen-bond donors (Lipinski definition) is 0. The molecular weight excluding hydrogens is 1550 g/mol. The maximum atomic E-state index is 15.5. The first kappa shape index (κ1) is 46.5. The highest BCUT2D eigenvalue weighted by Gasteiger charge is 2.68. The van der Waals surface area contributed by atoms with Gasteiger partial charge in [0, 0.05) is 0 Å². The maximum absolute atomic E-state index is 15.5. The summed E-state index contributed by atoms with van der Waals surface area (Å²) >= 11 is 39.3. The lowest BCUT2D eigenvalue weighted by Gasteiger charge is -2.45. The Bertz CT molecular complexity index is 1970. The van der Waals surface area contributed by atoms with E-state index < -0.39 is 63.6 Å². The zero-order valence-electron chi connectivity index (χ0n) is 26.3. The third kappa shape index (κ3) is 7.61. The zero-order chi connectivity index (χ0) is 41.8. The smallest absolute Gasteiger partial charge is 0.268 e. The van der Waals surface area contributed by atoms with Crippen molar-refractivity contribution in [3.63, 3.8) is 0 Å². The Kier molecular flexibility index (Phi) is 13.2. The Morgan fingerprint density at radius 1 is 0.357 bits per heavy atom. The van der Waals surface area contributed by atoms with Crippen LogP contribution in [0, 0.1) is 0 Å². The summed E-state index contributed by atoms with van der Waals surface area (Å²) in [6.45, 7) is 0. The summed E-state index contributed by atoms with van der Waals surface area (Å²) in [5, 5.41) is 0. The molecule has 13 nitrogen and oxygen atoms in total. The summed E-state index contributed by atoms with van der Waals surface area (Å²) in [5.74, 6) is -4.81. The molecule has 6 amide bonds. The van der Waals surface area contributed by atoms with Crippen LogP contribution < -0.4 is 0 Å². The van der Waals surface area contributed by atoms with Gasteiger partial charge in [0.25, 0.3) is 35.4 Å². The minimum Gasteiger partial charge on any atom is -0.268 e. The zero-order valence-corrected chi connectivity index (χ0v) is 46.3. The van der Waals surface area contributed by atoms with Gasteiger partial charge in [-0.15, -0.1) is 0 Å². The highest BCUT2D eigenvalue weighted by atomic mass is 79.9. The van der Waals surface area contributed by atoms with E-state index >= 15 is 4.57 Å². The average Bonchev–Trinajstić information content (AvgIpc) is 3.62. The monoisotopic (exact) mass is 1550 g/mol. The van der Waals surface area contributed by atoms with Gasteiger partial charge in [0.1, 0.15) is 0 Å². The second kappa shape index (κ2) is 15.9. The summed E-state index contributed by atoms with van der Waals surface area (Å²) in [6, 6.07) is 17.9. The van der Waals surface area contributed by atoms with Crippen LogP contribution in [0.25, 0.3) is 0 Å². The lowest BCUT2D eigenvalue weighted by Crippen LogP contribution is -2.56. The fourth-order valence-corrected chi connectivity index (χ4v) is 14.1. The van der Waals surface area contributed by atoms with E-state index in [1.54, 1.807) is 36.4 Å². The van der Waals surface area contributed by atoms with Crippen LogP contribution in [0.15, 0.2) is 72.8 Å².